The van der Waals surface area contributed by atoms with Crippen LogP contribution in [0.1, 0.15) is 31.7 Å². The van der Waals surface area contributed by atoms with E-state index in [0.717, 1.165) is 6.42 Å². The van der Waals surface area contributed by atoms with E-state index in [9.17, 15) is 16.9 Å². The maximum absolute atomic E-state index is 11.2. The van der Waals surface area contributed by atoms with Crippen LogP contribution in [-0.2, 0) is 16.0 Å². The quantitative estimate of drug-likeness (QED) is 0.328. The summed E-state index contributed by atoms with van der Waals surface area (Å²) in [5, 5.41) is 0. The molecule has 0 spiro atoms. The minimum absolute atomic E-state index is 0.659. The number of benzene rings is 1. The van der Waals surface area contributed by atoms with E-state index < -0.39 is 19.5 Å². The Morgan fingerprint density at radius 2 is 1.41 bits per heavy atom. The Balaban J connectivity index is 0.000000308. The van der Waals surface area contributed by atoms with Crippen molar-refractivity contribution in [2.45, 2.75) is 26.2 Å². The fourth-order valence-corrected chi connectivity index (χ4v) is 1.49. The zero-order chi connectivity index (χ0) is 17.5. The zero-order valence-electron chi connectivity index (χ0n) is 12.0. The third kappa shape index (κ3) is 19.6. The summed E-state index contributed by atoms with van der Waals surface area (Å²) in [6, 6.07) is 10.5. The van der Waals surface area contributed by atoms with Crippen molar-refractivity contribution in [3.05, 3.63) is 58.6 Å². The molecule has 0 N–H and O–H groups in total. The molecule has 1 aliphatic rings. The van der Waals surface area contributed by atoms with Crippen molar-refractivity contribution in [3.63, 3.8) is 0 Å². The van der Waals surface area contributed by atoms with Gasteiger partial charge in [0.2, 0.25) is 0 Å². The molecule has 0 heterocycles. The van der Waals surface area contributed by atoms with Crippen molar-refractivity contribution < 1.29 is 32.9 Å². The predicted octanol–water partition coefficient (Wildman–Crippen LogP) is 6.33. The number of allylic oxidation sites excluding steroid dienone is 4. The van der Waals surface area contributed by atoms with E-state index >= 15 is 0 Å². The van der Waals surface area contributed by atoms with Crippen LogP contribution in [0.25, 0.3) is 0 Å². The van der Waals surface area contributed by atoms with Gasteiger partial charge >= 0.3 is 81.5 Å². The van der Waals surface area contributed by atoms with E-state index in [2.05, 4.69) is 60.2 Å². The van der Waals surface area contributed by atoms with Crippen LogP contribution in [0, 0.1) is 0 Å². The summed E-state index contributed by atoms with van der Waals surface area (Å²) in [6.07, 6.45) is 7.21. The van der Waals surface area contributed by atoms with Gasteiger partial charge in [-0.25, -0.2) is 0 Å². The third-order valence-corrected chi connectivity index (χ3v) is 2.59. The summed E-state index contributed by atoms with van der Waals surface area (Å²) >= 11 is -7.51. The Bertz CT molecular complexity index is 505. The number of halogens is 6. The summed E-state index contributed by atoms with van der Waals surface area (Å²) in [5.41, 5.74) is 1.41. The standard InChI is InChI=1S/C9H12.C5H5.6FH.Fe.Sb/c1-8(2)9-6-4-3-5-7-9;1-2-4-5-3-1;;;;;;;;/h3-8H,1-2H3;1-3H,4H2;6*1H;;/q;;;;;;;;+1;+5/p-6. The van der Waals surface area contributed by atoms with Crippen LogP contribution in [0.4, 0.5) is 16.9 Å². The Labute approximate surface area is 137 Å². The average molecular weight is 477 g/mol. The maximum atomic E-state index is 9.93. The van der Waals surface area contributed by atoms with Crippen molar-refractivity contribution in [1.29, 1.82) is 0 Å². The van der Waals surface area contributed by atoms with Crippen molar-refractivity contribution >= 4 is 19.5 Å². The summed E-state index contributed by atoms with van der Waals surface area (Å²) in [5.74, 6) is 0.659. The van der Waals surface area contributed by atoms with Gasteiger partial charge in [-0.2, -0.15) is 0 Å². The van der Waals surface area contributed by atoms with Crippen molar-refractivity contribution in [1.82, 2.24) is 0 Å². The first kappa shape index (κ1) is 21.6. The molecule has 1 aromatic rings. The first-order valence-electron chi connectivity index (χ1n) is 6.26. The Hall–Kier alpha value is -0.382. The molecular weight excluding hydrogens is 460 g/mol. The number of hydrogen-bond acceptors (Lipinski definition) is 0. The van der Waals surface area contributed by atoms with E-state index in [1.807, 2.05) is 18.2 Å². The molecule has 0 radical (unpaired) electrons. The normalized spacial score (nSPS) is 16.5. The second kappa shape index (κ2) is 7.46. The molecule has 0 saturated heterocycles. The van der Waals surface area contributed by atoms with Gasteiger partial charge in [0.15, 0.2) is 0 Å². The monoisotopic (exact) mass is 476 g/mol. The van der Waals surface area contributed by atoms with Crippen LogP contribution in [0.5, 0.6) is 0 Å². The molecule has 0 amide bonds. The molecule has 0 saturated carbocycles. The van der Waals surface area contributed by atoms with Gasteiger partial charge in [0.1, 0.15) is 0 Å². The minimum atomic E-state index is -11.2. The molecule has 2 rings (SSSR count). The molecule has 1 aliphatic carbocycles. The summed E-state index contributed by atoms with van der Waals surface area (Å²) in [4.78, 5) is 0. The van der Waals surface area contributed by atoms with E-state index in [-0.39, 0.29) is 0 Å². The molecule has 0 nitrogen and oxygen atoms in total. The molecule has 0 bridgehead atoms. The Morgan fingerprint density at radius 3 is 1.59 bits per heavy atom. The predicted molar refractivity (Wildman–Crippen MR) is 74.8 cm³/mol. The molecule has 1 aromatic carbocycles. The fraction of sp³-hybridized carbons (Fsp3) is 0.286. The van der Waals surface area contributed by atoms with Crippen molar-refractivity contribution in [2.75, 3.05) is 0 Å². The fourth-order valence-electron chi connectivity index (χ4n) is 1.25. The molecule has 8 heteroatoms. The van der Waals surface area contributed by atoms with Crippen LogP contribution in [0.3, 0.4) is 0 Å². The molecule has 0 aromatic heterocycles. The van der Waals surface area contributed by atoms with Gasteiger partial charge in [0.05, 0.1) is 0 Å². The van der Waals surface area contributed by atoms with Crippen molar-refractivity contribution in [3.8, 4) is 0 Å². The first-order chi connectivity index (χ1) is 9.65. The first-order valence-corrected chi connectivity index (χ1v) is 12.6. The topological polar surface area (TPSA) is 0 Å². The Morgan fingerprint density at radius 1 is 0.955 bits per heavy atom. The van der Waals surface area contributed by atoms with Gasteiger partial charge in [0, 0.05) is 0 Å². The Kier molecular flexibility index (Phi) is 7.33. The van der Waals surface area contributed by atoms with Crippen molar-refractivity contribution in [2.24, 2.45) is 0 Å². The van der Waals surface area contributed by atoms with E-state index in [1.54, 1.807) is 0 Å². The van der Waals surface area contributed by atoms with Gasteiger partial charge in [-0.05, 0) is 11.5 Å². The summed E-state index contributed by atoms with van der Waals surface area (Å²) < 4.78 is 60.8. The van der Waals surface area contributed by atoms with Crippen LogP contribution in [0.2, 0.25) is 0 Å². The van der Waals surface area contributed by atoms with E-state index in [1.165, 1.54) is 10.0 Å². The molecular formula is C14H17F6FeSb. The van der Waals surface area contributed by atoms with Gasteiger partial charge < -0.3 is 0 Å². The molecule has 0 atom stereocenters. The average Bonchev–Trinajstić information content (AvgIpc) is 2.78. The number of hydrogen-bond donors (Lipinski definition) is 0. The molecule has 0 fully saturated rings. The zero-order valence-corrected chi connectivity index (χ0v) is 15.6. The van der Waals surface area contributed by atoms with Crippen LogP contribution < -0.4 is 0 Å². The van der Waals surface area contributed by atoms with E-state index in [4.69, 9.17) is 0 Å². The molecule has 0 unspecified atom stereocenters. The second-order valence-corrected chi connectivity index (χ2v) is 10.9. The van der Waals surface area contributed by atoms with Crippen LogP contribution in [0.15, 0.2) is 53.0 Å². The third-order valence-electron chi connectivity index (χ3n) is 2.18. The van der Waals surface area contributed by atoms with Crippen LogP contribution >= 0.6 is 0 Å². The van der Waals surface area contributed by atoms with E-state index in [0.29, 0.717) is 5.92 Å². The second-order valence-electron chi connectivity index (χ2n) is 4.75. The van der Waals surface area contributed by atoms with Gasteiger partial charge in [-0.1, -0.05) is 44.2 Å². The molecule has 22 heavy (non-hydrogen) atoms. The molecule has 128 valence electrons. The summed E-state index contributed by atoms with van der Waals surface area (Å²) in [6.45, 7) is 4.41. The van der Waals surface area contributed by atoms with Gasteiger partial charge in [-0.15, -0.1) is 0 Å². The SMILES string of the molecule is CC(C)c1ccccc1.[F][Sb-]([F])([F])([F])([F])[F].[Fe+][C]1=CC=CC1. The van der Waals surface area contributed by atoms with Gasteiger partial charge in [0.25, 0.3) is 0 Å². The number of rotatable bonds is 1. The summed E-state index contributed by atoms with van der Waals surface area (Å²) in [7, 11) is 0. The van der Waals surface area contributed by atoms with Gasteiger partial charge in [-0.3, -0.25) is 0 Å². The molecule has 0 aliphatic heterocycles. The van der Waals surface area contributed by atoms with Crippen LogP contribution in [-0.4, -0.2) is 19.5 Å².